The molecule has 0 radical (unpaired) electrons. The number of hydrogen-bond acceptors (Lipinski definition) is 8. The fraction of sp³-hybridized carbons (Fsp3) is 0.600. The highest BCUT2D eigenvalue weighted by Gasteiger charge is 2.21. The highest BCUT2D eigenvalue weighted by molar-refractivity contribution is 5.72. The Morgan fingerprint density at radius 1 is 1.14 bits per heavy atom. The predicted octanol–water partition coefficient (Wildman–Crippen LogP) is 1.16. The number of piperazine rings is 1. The van der Waals surface area contributed by atoms with Gasteiger partial charge in [0.05, 0.1) is 6.54 Å². The summed E-state index contributed by atoms with van der Waals surface area (Å²) in [6, 6.07) is 5.62. The molecule has 1 fully saturated rings. The molecule has 160 valence electrons. The monoisotopic (exact) mass is 407 g/mol. The van der Waals surface area contributed by atoms with Crippen LogP contribution >= 0.6 is 0 Å². The smallest absolute Gasteiger partial charge is 0.412 e. The minimum atomic E-state index is -0.536. The third kappa shape index (κ3) is 5.98. The molecule has 1 unspecified atom stereocenters. The zero-order valence-corrected chi connectivity index (χ0v) is 17.3. The summed E-state index contributed by atoms with van der Waals surface area (Å²) in [6.07, 6.45) is 0.0939. The van der Waals surface area contributed by atoms with Crippen LogP contribution in [0.4, 0.5) is 4.79 Å². The van der Waals surface area contributed by atoms with E-state index in [0.29, 0.717) is 12.2 Å². The summed E-state index contributed by atoms with van der Waals surface area (Å²) >= 11 is 0. The molecule has 1 aromatic carbocycles. The van der Waals surface area contributed by atoms with Gasteiger partial charge in [-0.1, -0.05) is 6.07 Å². The molecule has 2 heterocycles. The zero-order valence-electron chi connectivity index (χ0n) is 17.3. The van der Waals surface area contributed by atoms with Crippen LogP contribution in [0.2, 0.25) is 0 Å². The number of esters is 1. The normalized spacial score (nSPS) is 17.6. The number of ether oxygens (including phenoxy) is 4. The first-order valence-corrected chi connectivity index (χ1v) is 9.77. The van der Waals surface area contributed by atoms with Crippen LogP contribution in [-0.4, -0.2) is 93.2 Å². The maximum atomic E-state index is 12.2. The summed E-state index contributed by atoms with van der Waals surface area (Å²) in [5.41, 5.74) is 1.03. The Bertz CT molecular complexity index is 720. The number of carbonyl (C=O) groups is 2. The minimum Gasteiger partial charge on any atom is -0.454 e. The molecule has 2 aliphatic rings. The molecule has 0 spiro atoms. The second-order valence-electron chi connectivity index (χ2n) is 7.48. The van der Waals surface area contributed by atoms with Crippen molar-refractivity contribution in [3.05, 3.63) is 23.8 Å². The number of hydrogen-bond donors (Lipinski definition) is 0. The van der Waals surface area contributed by atoms with Gasteiger partial charge in [-0.05, 0) is 38.1 Å². The van der Waals surface area contributed by atoms with E-state index in [0.717, 1.165) is 37.5 Å². The van der Waals surface area contributed by atoms with Gasteiger partial charge in [0.15, 0.2) is 11.5 Å². The van der Waals surface area contributed by atoms with Crippen LogP contribution in [-0.2, 0) is 20.7 Å². The third-order valence-electron chi connectivity index (χ3n) is 5.27. The van der Waals surface area contributed by atoms with Crippen LogP contribution in [0.15, 0.2) is 18.2 Å². The average Bonchev–Trinajstić information content (AvgIpc) is 3.17. The zero-order chi connectivity index (χ0) is 20.8. The molecule has 29 heavy (non-hydrogen) atoms. The van der Waals surface area contributed by atoms with Gasteiger partial charge in [-0.25, -0.2) is 4.79 Å². The van der Waals surface area contributed by atoms with Gasteiger partial charge in [-0.3, -0.25) is 9.69 Å². The first-order chi connectivity index (χ1) is 13.9. The molecule has 0 aromatic heterocycles. The van der Waals surface area contributed by atoms with E-state index in [1.165, 1.54) is 4.90 Å². The number of likely N-dealkylation sites (N-methyl/N-ethyl adjacent to an activating group) is 2. The molecule has 0 N–H and O–H groups in total. The molecular formula is C20H29N3O6. The lowest BCUT2D eigenvalue weighted by atomic mass is 10.1. The molecule has 1 atom stereocenters. The van der Waals surface area contributed by atoms with Crippen molar-refractivity contribution >= 4 is 12.1 Å². The molecule has 2 aliphatic heterocycles. The van der Waals surface area contributed by atoms with Gasteiger partial charge in [0.25, 0.3) is 0 Å². The first-order valence-electron chi connectivity index (χ1n) is 9.77. The van der Waals surface area contributed by atoms with Gasteiger partial charge >= 0.3 is 12.1 Å². The Morgan fingerprint density at radius 3 is 2.62 bits per heavy atom. The fourth-order valence-electron chi connectivity index (χ4n) is 3.21. The Labute approximate surface area is 171 Å². The van der Waals surface area contributed by atoms with E-state index >= 15 is 0 Å². The van der Waals surface area contributed by atoms with Crippen LogP contribution in [0.5, 0.6) is 11.5 Å². The number of benzene rings is 1. The van der Waals surface area contributed by atoms with Crippen LogP contribution in [0, 0.1) is 0 Å². The van der Waals surface area contributed by atoms with E-state index in [1.54, 1.807) is 7.05 Å². The second kappa shape index (κ2) is 9.80. The molecule has 1 amide bonds. The van der Waals surface area contributed by atoms with Crippen LogP contribution in [0.3, 0.4) is 0 Å². The number of carbonyl (C=O) groups excluding carboxylic acids is 2. The summed E-state index contributed by atoms with van der Waals surface area (Å²) < 4.78 is 20.8. The molecular weight excluding hydrogens is 378 g/mol. The molecule has 3 rings (SSSR count). The largest absolute Gasteiger partial charge is 0.454 e. The summed E-state index contributed by atoms with van der Waals surface area (Å²) in [4.78, 5) is 29.9. The minimum absolute atomic E-state index is 0.107. The Hall–Kier alpha value is -2.52. The third-order valence-corrected chi connectivity index (χ3v) is 5.27. The fourth-order valence-corrected chi connectivity index (χ4v) is 3.21. The van der Waals surface area contributed by atoms with Crippen molar-refractivity contribution in [3.63, 3.8) is 0 Å². The van der Waals surface area contributed by atoms with Crippen molar-refractivity contribution in [2.75, 3.05) is 60.4 Å². The number of fused-ring (bicyclic) bond motifs is 1. The predicted molar refractivity (Wildman–Crippen MR) is 105 cm³/mol. The summed E-state index contributed by atoms with van der Waals surface area (Å²) in [7, 11) is 3.71. The SMILES string of the molecule is CC(Cc1ccc2c(c1)OCO2)N(C)C(=O)OCOC(=O)CN1CCN(C)CC1. The van der Waals surface area contributed by atoms with Gasteiger partial charge < -0.3 is 28.7 Å². The van der Waals surface area contributed by atoms with Crippen LogP contribution in [0.25, 0.3) is 0 Å². The molecule has 9 heteroatoms. The molecule has 1 saturated heterocycles. The maximum absolute atomic E-state index is 12.2. The molecule has 0 aliphatic carbocycles. The van der Waals surface area contributed by atoms with Crippen molar-refractivity contribution in [1.82, 2.24) is 14.7 Å². The summed E-state index contributed by atoms with van der Waals surface area (Å²) in [6.45, 7) is 5.48. The van der Waals surface area contributed by atoms with Gasteiger partial charge in [0.2, 0.25) is 13.6 Å². The van der Waals surface area contributed by atoms with Crippen molar-refractivity contribution < 1.29 is 28.5 Å². The van der Waals surface area contributed by atoms with Gasteiger partial charge in [-0.2, -0.15) is 0 Å². The second-order valence-corrected chi connectivity index (χ2v) is 7.48. The number of amides is 1. The number of rotatable bonds is 7. The summed E-state index contributed by atoms with van der Waals surface area (Å²) in [5.74, 6) is 1.05. The first kappa shape index (κ1) is 21.2. The van der Waals surface area contributed by atoms with E-state index in [-0.39, 0.29) is 26.2 Å². The Morgan fingerprint density at radius 2 is 1.86 bits per heavy atom. The topological polar surface area (TPSA) is 80.8 Å². The van der Waals surface area contributed by atoms with Crippen molar-refractivity contribution in [1.29, 1.82) is 0 Å². The Balaban J connectivity index is 1.36. The lowest BCUT2D eigenvalue weighted by molar-refractivity contribution is -0.154. The lowest BCUT2D eigenvalue weighted by Gasteiger charge is -2.31. The van der Waals surface area contributed by atoms with Gasteiger partial charge in [0.1, 0.15) is 0 Å². The van der Waals surface area contributed by atoms with E-state index < -0.39 is 12.1 Å². The lowest BCUT2D eigenvalue weighted by Crippen LogP contribution is -2.46. The van der Waals surface area contributed by atoms with Gasteiger partial charge in [-0.15, -0.1) is 0 Å². The number of nitrogens with zero attached hydrogens (tertiary/aromatic N) is 3. The van der Waals surface area contributed by atoms with Crippen molar-refractivity contribution in [2.45, 2.75) is 19.4 Å². The van der Waals surface area contributed by atoms with Crippen molar-refractivity contribution in [3.8, 4) is 11.5 Å². The standard InChI is InChI=1S/C20H29N3O6/c1-15(10-16-4-5-17-18(11-16)27-13-26-17)22(3)20(25)29-14-28-19(24)12-23-8-6-21(2)7-9-23/h4-5,11,15H,6-10,12-14H2,1-3H3. The van der Waals surface area contributed by atoms with E-state index in [1.807, 2.05) is 30.0 Å². The highest BCUT2D eigenvalue weighted by Crippen LogP contribution is 2.32. The summed E-state index contributed by atoms with van der Waals surface area (Å²) in [5, 5.41) is 0. The average molecular weight is 407 g/mol. The maximum Gasteiger partial charge on any atom is 0.412 e. The van der Waals surface area contributed by atoms with Crippen LogP contribution in [0.1, 0.15) is 12.5 Å². The molecule has 0 bridgehead atoms. The van der Waals surface area contributed by atoms with E-state index in [2.05, 4.69) is 11.9 Å². The quantitative estimate of drug-likeness (QED) is 0.492. The van der Waals surface area contributed by atoms with Crippen LogP contribution < -0.4 is 9.47 Å². The Kier molecular flexibility index (Phi) is 7.16. The van der Waals surface area contributed by atoms with E-state index in [4.69, 9.17) is 18.9 Å². The molecule has 0 saturated carbocycles. The molecule has 9 nitrogen and oxygen atoms in total. The van der Waals surface area contributed by atoms with E-state index in [9.17, 15) is 9.59 Å². The molecule has 1 aromatic rings. The highest BCUT2D eigenvalue weighted by atomic mass is 16.7. The van der Waals surface area contributed by atoms with Crippen molar-refractivity contribution in [2.24, 2.45) is 0 Å². The van der Waals surface area contributed by atoms with Gasteiger partial charge in [0, 0.05) is 39.3 Å².